The molecule has 6 nitrogen and oxygen atoms in total. The van der Waals surface area contributed by atoms with Crippen LogP contribution in [0.4, 0.5) is 11.4 Å². The van der Waals surface area contributed by atoms with Gasteiger partial charge in [0, 0.05) is 37.4 Å². The zero-order valence-electron chi connectivity index (χ0n) is 20.3. The second kappa shape index (κ2) is 10.8. The number of rotatable bonds is 6. The topological polar surface area (TPSA) is 61.9 Å². The van der Waals surface area contributed by atoms with E-state index in [0.717, 1.165) is 27.9 Å². The van der Waals surface area contributed by atoms with Gasteiger partial charge < -0.3 is 19.9 Å². The lowest BCUT2D eigenvalue weighted by Gasteiger charge is -2.36. The zero-order valence-corrected chi connectivity index (χ0v) is 21.1. The van der Waals surface area contributed by atoms with Crippen molar-refractivity contribution in [3.8, 4) is 5.75 Å². The fourth-order valence-electron chi connectivity index (χ4n) is 4.28. The highest BCUT2D eigenvalue weighted by atomic mass is 35.5. The summed E-state index contributed by atoms with van der Waals surface area (Å²) in [4.78, 5) is 29.3. The Balaban J connectivity index is 1.31. The Bertz CT molecular complexity index is 1240. The van der Waals surface area contributed by atoms with Crippen molar-refractivity contribution in [3.05, 3.63) is 87.9 Å². The van der Waals surface area contributed by atoms with Crippen LogP contribution in [-0.2, 0) is 4.79 Å². The van der Waals surface area contributed by atoms with Gasteiger partial charge in [-0.15, -0.1) is 0 Å². The summed E-state index contributed by atoms with van der Waals surface area (Å²) in [5.74, 6) is 0.506. The Morgan fingerprint density at radius 1 is 0.914 bits per heavy atom. The summed E-state index contributed by atoms with van der Waals surface area (Å²) in [5.41, 5.74) is 5.38. The van der Waals surface area contributed by atoms with E-state index in [4.69, 9.17) is 16.3 Å². The number of anilines is 2. The molecular formula is C28H30ClN3O3. The standard InChI is InChI=1S/C28H30ClN3O3/c1-19-8-11-26(21(3)16-19)35-18-27(33)30-22-9-10-25(24(29)17-22)31-12-14-32(15-13-31)28(34)23-7-5-4-6-20(23)2/h4-11,16-17H,12-15,18H2,1-3H3,(H,30,33). The van der Waals surface area contributed by atoms with E-state index in [2.05, 4.69) is 10.2 Å². The summed E-state index contributed by atoms with van der Waals surface area (Å²) < 4.78 is 5.66. The van der Waals surface area contributed by atoms with Gasteiger partial charge in [-0.1, -0.05) is 47.5 Å². The van der Waals surface area contributed by atoms with Gasteiger partial charge in [-0.3, -0.25) is 9.59 Å². The molecule has 1 saturated heterocycles. The van der Waals surface area contributed by atoms with Gasteiger partial charge in [-0.25, -0.2) is 0 Å². The molecule has 1 aliphatic rings. The minimum atomic E-state index is -0.253. The maximum atomic E-state index is 12.9. The Labute approximate surface area is 211 Å². The van der Waals surface area contributed by atoms with Crippen molar-refractivity contribution in [3.63, 3.8) is 0 Å². The van der Waals surface area contributed by atoms with E-state index in [0.29, 0.717) is 42.6 Å². The Morgan fingerprint density at radius 3 is 2.34 bits per heavy atom. The minimum Gasteiger partial charge on any atom is -0.483 e. The summed E-state index contributed by atoms with van der Waals surface area (Å²) in [6.45, 7) is 8.47. The van der Waals surface area contributed by atoms with E-state index >= 15 is 0 Å². The van der Waals surface area contributed by atoms with E-state index in [1.54, 1.807) is 6.07 Å². The fraction of sp³-hybridized carbons (Fsp3) is 0.286. The van der Waals surface area contributed by atoms with E-state index in [1.807, 2.05) is 80.3 Å². The van der Waals surface area contributed by atoms with Gasteiger partial charge in [0.1, 0.15) is 5.75 Å². The van der Waals surface area contributed by atoms with Crippen LogP contribution >= 0.6 is 11.6 Å². The first-order valence-corrected chi connectivity index (χ1v) is 12.1. The molecule has 0 atom stereocenters. The number of nitrogens with zero attached hydrogens (tertiary/aromatic N) is 2. The highest BCUT2D eigenvalue weighted by Crippen LogP contribution is 2.30. The van der Waals surface area contributed by atoms with E-state index in [9.17, 15) is 9.59 Å². The quantitative estimate of drug-likeness (QED) is 0.512. The van der Waals surface area contributed by atoms with Gasteiger partial charge in [-0.05, 0) is 62.2 Å². The molecule has 3 aromatic rings. The number of aryl methyl sites for hydroxylation is 3. The van der Waals surface area contributed by atoms with Crippen molar-refractivity contribution in [1.29, 1.82) is 0 Å². The number of amides is 2. The zero-order chi connectivity index (χ0) is 24.9. The molecule has 1 aliphatic heterocycles. The van der Waals surface area contributed by atoms with E-state index in [1.165, 1.54) is 0 Å². The SMILES string of the molecule is Cc1ccc(OCC(=O)Nc2ccc(N3CCN(C(=O)c4ccccc4C)CC3)c(Cl)c2)c(C)c1. The van der Waals surface area contributed by atoms with Crippen LogP contribution in [0.15, 0.2) is 60.7 Å². The Morgan fingerprint density at radius 2 is 1.66 bits per heavy atom. The Kier molecular flexibility index (Phi) is 7.61. The smallest absolute Gasteiger partial charge is 0.262 e. The van der Waals surface area contributed by atoms with Crippen LogP contribution in [0, 0.1) is 20.8 Å². The number of piperazine rings is 1. The molecule has 3 aromatic carbocycles. The number of carbonyl (C=O) groups excluding carboxylic acids is 2. The lowest BCUT2D eigenvalue weighted by Crippen LogP contribution is -2.49. The van der Waals surface area contributed by atoms with Crippen molar-refractivity contribution in [2.45, 2.75) is 20.8 Å². The molecule has 0 aromatic heterocycles. The lowest BCUT2D eigenvalue weighted by molar-refractivity contribution is -0.118. The third-order valence-corrected chi connectivity index (χ3v) is 6.51. The molecule has 0 saturated carbocycles. The Hall–Kier alpha value is -3.51. The van der Waals surface area contributed by atoms with Gasteiger partial charge >= 0.3 is 0 Å². The summed E-state index contributed by atoms with van der Waals surface area (Å²) in [7, 11) is 0. The maximum absolute atomic E-state index is 12.9. The van der Waals surface area contributed by atoms with E-state index < -0.39 is 0 Å². The number of carbonyl (C=O) groups is 2. The number of hydrogen-bond donors (Lipinski definition) is 1. The highest BCUT2D eigenvalue weighted by Gasteiger charge is 2.24. The molecule has 0 aliphatic carbocycles. The van der Waals surface area contributed by atoms with Gasteiger partial charge in [-0.2, -0.15) is 0 Å². The van der Waals surface area contributed by atoms with Crippen LogP contribution in [0.1, 0.15) is 27.0 Å². The number of ether oxygens (including phenoxy) is 1. The van der Waals surface area contributed by atoms with Gasteiger partial charge in [0.15, 0.2) is 6.61 Å². The molecule has 0 radical (unpaired) electrons. The second-order valence-corrected chi connectivity index (χ2v) is 9.27. The molecule has 1 fully saturated rings. The molecule has 0 unspecified atom stereocenters. The molecule has 1 heterocycles. The normalized spacial score (nSPS) is 13.5. The van der Waals surface area contributed by atoms with Crippen molar-refractivity contribution in [2.75, 3.05) is 43.0 Å². The predicted molar refractivity (Wildman–Crippen MR) is 141 cm³/mol. The first-order chi connectivity index (χ1) is 16.8. The van der Waals surface area contributed by atoms with Crippen molar-refractivity contribution in [1.82, 2.24) is 4.90 Å². The highest BCUT2D eigenvalue weighted by molar-refractivity contribution is 6.33. The number of hydrogen-bond acceptors (Lipinski definition) is 4. The molecule has 1 N–H and O–H groups in total. The van der Waals surface area contributed by atoms with Crippen LogP contribution in [-0.4, -0.2) is 49.5 Å². The second-order valence-electron chi connectivity index (χ2n) is 8.87. The summed E-state index contributed by atoms with van der Waals surface area (Å²) in [6, 6.07) is 19.0. The first kappa shape index (κ1) is 24.6. The monoisotopic (exact) mass is 491 g/mol. The molecule has 7 heteroatoms. The predicted octanol–water partition coefficient (Wildman–Crippen LogP) is 5.25. The molecule has 2 amide bonds. The molecule has 35 heavy (non-hydrogen) atoms. The van der Waals surface area contributed by atoms with Crippen LogP contribution in [0.3, 0.4) is 0 Å². The van der Waals surface area contributed by atoms with Crippen molar-refractivity contribution >= 4 is 34.8 Å². The van der Waals surface area contributed by atoms with Crippen LogP contribution < -0.4 is 15.0 Å². The van der Waals surface area contributed by atoms with Gasteiger partial charge in [0.25, 0.3) is 11.8 Å². The summed E-state index contributed by atoms with van der Waals surface area (Å²) in [5, 5.41) is 3.39. The molecule has 0 bridgehead atoms. The molecular weight excluding hydrogens is 462 g/mol. The van der Waals surface area contributed by atoms with Crippen molar-refractivity contribution < 1.29 is 14.3 Å². The van der Waals surface area contributed by atoms with Crippen LogP contribution in [0.25, 0.3) is 0 Å². The molecule has 4 rings (SSSR count). The van der Waals surface area contributed by atoms with Crippen molar-refractivity contribution in [2.24, 2.45) is 0 Å². The van der Waals surface area contributed by atoms with Crippen LogP contribution in [0.2, 0.25) is 5.02 Å². The van der Waals surface area contributed by atoms with E-state index in [-0.39, 0.29) is 18.4 Å². The maximum Gasteiger partial charge on any atom is 0.262 e. The lowest BCUT2D eigenvalue weighted by atomic mass is 10.1. The third kappa shape index (κ3) is 5.95. The average molecular weight is 492 g/mol. The molecule has 0 spiro atoms. The number of benzene rings is 3. The largest absolute Gasteiger partial charge is 0.483 e. The van der Waals surface area contributed by atoms with Gasteiger partial charge in [0.2, 0.25) is 0 Å². The first-order valence-electron chi connectivity index (χ1n) is 11.7. The minimum absolute atomic E-state index is 0.0648. The summed E-state index contributed by atoms with van der Waals surface area (Å²) in [6.07, 6.45) is 0. The summed E-state index contributed by atoms with van der Waals surface area (Å²) >= 11 is 6.57. The number of halogens is 1. The van der Waals surface area contributed by atoms with Crippen LogP contribution in [0.5, 0.6) is 5.75 Å². The fourth-order valence-corrected chi connectivity index (χ4v) is 4.58. The number of nitrogens with one attached hydrogen (secondary N) is 1. The molecule has 182 valence electrons. The third-order valence-electron chi connectivity index (χ3n) is 6.20. The average Bonchev–Trinajstić information content (AvgIpc) is 2.84. The van der Waals surface area contributed by atoms with Gasteiger partial charge in [0.05, 0.1) is 10.7 Å².